The van der Waals surface area contributed by atoms with Gasteiger partial charge in [-0.2, -0.15) is 5.10 Å². The van der Waals surface area contributed by atoms with Crippen molar-refractivity contribution in [1.82, 2.24) is 5.43 Å². The topological polar surface area (TPSA) is 115 Å². The number of carbonyl (C=O) groups is 3. The number of nitrogens with one attached hydrogen (secondary N) is 2. The van der Waals surface area contributed by atoms with E-state index >= 15 is 0 Å². The number of hydrazone groups is 1. The van der Waals surface area contributed by atoms with Crippen molar-refractivity contribution >= 4 is 29.7 Å². The van der Waals surface area contributed by atoms with Crippen molar-refractivity contribution in [2.75, 3.05) is 25.6 Å². The van der Waals surface area contributed by atoms with E-state index in [9.17, 15) is 14.4 Å². The van der Waals surface area contributed by atoms with Gasteiger partial charge < -0.3 is 19.5 Å². The summed E-state index contributed by atoms with van der Waals surface area (Å²) in [7, 11) is 1.56. The molecule has 0 aromatic heterocycles. The molecular formula is C22H25N3O6. The number of esters is 1. The Morgan fingerprint density at radius 1 is 0.935 bits per heavy atom. The molecule has 0 saturated heterocycles. The minimum Gasteiger partial charge on any atom is -0.497 e. The molecule has 2 aromatic rings. The standard InChI is InChI=1S/C22H25N3O6/c1-3-30-22(28)15-31-19-8-4-16(5-9-19)14-23-25-21(27)13-12-20(26)24-17-6-10-18(29-2)11-7-17/h4-11,14H,3,12-13,15H2,1-2H3,(H,24,26)(H,25,27). The first-order valence-corrected chi connectivity index (χ1v) is 9.64. The highest BCUT2D eigenvalue weighted by Crippen LogP contribution is 2.15. The molecule has 0 saturated carbocycles. The zero-order valence-electron chi connectivity index (χ0n) is 17.4. The smallest absolute Gasteiger partial charge is 0.344 e. The maximum Gasteiger partial charge on any atom is 0.344 e. The van der Waals surface area contributed by atoms with E-state index in [0.717, 1.165) is 5.56 Å². The van der Waals surface area contributed by atoms with Gasteiger partial charge in [0.25, 0.3) is 0 Å². The first kappa shape index (κ1) is 23.4. The van der Waals surface area contributed by atoms with Crippen LogP contribution in [0.2, 0.25) is 0 Å². The van der Waals surface area contributed by atoms with Gasteiger partial charge in [-0.25, -0.2) is 10.2 Å². The molecule has 0 unspecified atom stereocenters. The summed E-state index contributed by atoms with van der Waals surface area (Å²) in [5, 5.41) is 6.57. The number of carbonyl (C=O) groups excluding carboxylic acids is 3. The van der Waals surface area contributed by atoms with Gasteiger partial charge in [0.05, 0.1) is 19.9 Å². The number of hydrogen-bond donors (Lipinski definition) is 2. The number of hydrogen-bond acceptors (Lipinski definition) is 7. The quantitative estimate of drug-likeness (QED) is 0.323. The lowest BCUT2D eigenvalue weighted by atomic mass is 10.2. The molecule has 9 heteroatoms. The van der Waals surface area contributed by atoms with E-state index in [2.05, 4.69) is 15.8 Å². The van der Waals surface area contributed by atoms with E-state index < -0.39 is 5.97 Å². The number of ether oxygens (including phenoxy) is 3. The van der Waals surface area contributed by atoms with E-state index in [1.165, 1.54) is 6.21 Å². The van der Waals surface area contributed by atoms with Crippen LogP contribution >= 0.6 is 0 Å². The van der Waals surface area contributed by atoms with Crippen LogP contribution in [0.1, 0.15) is 25.3 Å². The van der Waals surface area contributed by atoms with Crippen LogP contribution in [0.3, 0.4) is 0 Å². The van der Waals surface area contributed by atoms with Crippen molar-refractivity contribution in [3.63, 3.8) is 0 Å². The van der Waals surface area contributed by atoms with Crippen molar-refractivity contribution < 1.29 is 28.6 Å². The number of nitrogens with zero attached hydrogens (tertiary/aromatic N) is 1. The number of anilines is 1. The van der Waals surface area contributed by atoms with Crippen molar-refractivity contribution in [2.24, 2.45) is 5.10 Å². The molecule has 0 aliphatic heterocycles. The molecule has 2 aromatic carbocycles. The van der Waals surface area contributed by atoms with E-state index in [1.54, 1.807) is 62.6 Å². The summed E-state index contributed by atoms with van der Waals surface area (Å²) >= 11 is 0. The van der Waals surface area contributed by atoms with E-state index in [0.29, 0.717) is 23.8 Å². The first-order chi connectivity index (χ1) is 15.0. The normalized spacial score (nSPS) is 10.4. The lowest BCUT2D eigenvalue weighted by molar-refractivity contribution is -0.145. The van der Waals surface area contributed by atoms with Crippen LogP contribution < -0.4 is 20.2 Å². The summed E-state index contributed by atoms with van der Waals surface area (Å²) < 4.78 is 15.1. The number of rotatable bonds is 11. The van der Waals surface area contributed by atoms with Gasteiger partial charge in [0.15, 0.2) is 6.61 Å². The summed E-state index contributed by atoms with van der Waals surface area (Å²) in [5.41, 5.74) is 3.72. The fourth-order valence-electron chi connectivity index (χ4n) is 2.35. The molecule has 2 amide bonds. The molecule has 0 atom stereocenters. The third-order valence-corrected chi connectivity index (χ3v) is 3.90. The largest absolute Gasteiger partial charge is 0.497 e. The minimum absolute atomic E-state index is 0.0000343. The molecule has 0 spiro atoms. The Balaban J connectivity index is 1.68. The van der Waals surface area contributed by atoms with Crippen molar-refractivity contribution in [2.45, 2.75) is 19.8 Å². The van der Waals surface area contributed by atoms with Crippen LogP contribution in [0.15, 0.2) is 53.6 Å². The van der Waals surface area contributed by atoms with Gasteiger partial charge >= 0.3 is 5.97 Å². The van der Waals surface area contributed by atoms with Gasteiger partial charge in [0.1, 0.15) is 11.5 Å². The van der Waals surface area contributed by atoms with Crippen LogP contribution in [-0.4, -0.2) is 44.3 Å². The average Bonchev–Trinajstić information content (AvgIpc) is 2.78. The fourth-order valence-corrected chi connectivity index (χ4v) is 2.35. The van der Waals surface area contributed by atoms with Crippen LogP contribution in [0.4, 0.5) is 5.69 Å². The highest BCUT2D eigenvalue weighted by Gasteiger charge is 2.07. The maximum atomic E-state index is 11.9. The average molecular weight is 427 g/mol. The molecule has 0 aliphatic carbocycles. The Hall–Kier alpha value is -3.88. The Morgan fingerprint density at radius 3 is 2.23 bits per heavy atom. The second-order valence-corrected chi connectivity index (χ2v) is 6.23. The Kier molecular flexibility index (Phi) is 9.54. The van der Waals surface area contributed by atoms with Crippen LogP contribution in [0.25, 0.3) is 0 Å². The van der Waals surface area contributed by atoms with Crippen molar-refractivity contribution in [3.05, 3.63) is 54.1 Å². The summed E-state index contributed by atoms with van der Waals surface area (Å²) in [6, 6.07) is 13.7. The second kappa shape index (κ2) is 12.6. The minimum atomic E-state index is -0.437. The zero-order chi connectivity index (χ0) is 22.5. The van der Waals surface area contributed by atoms with E-state index in [4.69, 9.17) is 14.2 Å². The Labute approximate surface area is 180 Å². The molecule has 0 bridgehead atoms. The lowest BCUT2D eigenvalue weighted by Crippen LogP contribution is -2.20. The first-order valence-electron chi connectivity index (χ1n) is 9.64. The van der Waals surface area contributed by atoms with Gasteiger partial charge in [-0.05, 0) is 61.0 Å². The van der Waals surface area contributed by atoms with Gasteiger partial charge in [-0.1, -0.05) is 0 Å². The van der Waals surface area contributed by atoms with Crippen LogP contribution in [0.5, 0.6) is 11.5 Å². The number of amides is 2. The summed E-state index contributed by atoms with van der Waals surface area (Å²) in [4.78, 5) is 35.0. The second-order valence-electron chi connectivity index (χ2n) is 6.23. The molecule has 0 fully saturated rings. The fraction of sp³-hybridized carbons (Fsp3) is 0.273. The molecule has 31 heavy (non-hydrogen) atoms. The van der Waals surface area contributed by atoms with Gasteiger partial charge in [0, 0.05) is 18.5 Å². The third kappa shape index (κ3) is 8.99. The highest BCUT2D eigenvalue weighted by molar-refractivity contribution is 5.93. The molecule has 0 heterocycles. The molecule has 0 radical (unpaired) electrons. The Morgan fingerprint density at radius 2 is 1.58 bits per heavy atom. The maximum absolute atomic E-state index is 11.9. The van der Waals surface area contributed by atoms with E-state index in [1.807, 2.05) is 0 Å². The van der Waals surface area contributed by atoms with Gasteiger partial charge in [0.2, 0.25) is 11.8 Å². The summed E-state index contributed by atoms with van der Waals surface area (Å²) in [6.07, 6.45) is 1.49. The highest BCUT2D eigenvalue weighted by atomic mass is 16.6. The monoisotopic (exact) mass is 427 g/mol. The molecule has 2 N–H and O–H groups in total. The number of methoxy groups -OCH3 is 1. The van der Waals surface area contributed by atoms with E-state index in [-0.39, 0.29) is 31.3 Å². The number of benzene rings is 2. The van der Waals surface area contributed by atoms with Crippen LogP contribution in [0, 0.1) is 0 Å². The third-order valence-electron chi connectivity index (χ3n) is 3.90. The molecule has 9 nitrogen and oxygen atoms in total. The predicted molar refractivity (Wildman–Crippen MR) is 115 cm³/mol. The SMILES string of the molecule is CCOC(=O)COc1ccc(C=NNC(=O)CCC(=O)Nc2ccc(OC)cc2)cc1. The van der Waals surface area contributed by atoms with Gasteiger partial charge in [-0.3, -0.25) is 9.59 Å². The summed E-state index contributed by atoms with van der Waals surface area (Å²) in [5.74, 6) is 0.109. The Bertz CT molecular complexity index is 894. The van der Waals surface area contributed by atoms with Gasteiger partial charge in [-0.15, -0.1) is 0 Å². The molecular weight excluding hydrogens is 402 g/mol. The van der Waals surface area contributed by atoms with Crippen molar-refractivity contribution in [1.29, 1.82) is 0 Å². The molecule has 0 aliphatic rings. The van der Waals surface area contributed by atoms with Crippen molar-refractivity contribution in [3.8, 4) is 11.5 Å². The zero-order valence-corrected chi connectivity index (χ0v) is 17.4. The van der Waals surface area contributed by atoms with Crippen LogP contribution in [-0.2, 0) is 19.1 Å². The molecule has 164 valence electrons. The predicted octanol–water partition coefficient (Wildman–Crippen LogP) is 2.51. The summed E-state index contributed by atoms with van der Waals surface area (Å²) in [6.45, 7) is 1.86. The molecule has 2 rings (SSSR count). The lowest BCUT2D eigenvalue weighted by Gasteiger charge is -2.06.